The van der Waals surface area contributed by atoms with E-state index in [2.05, 4.69) is 22.3 Å². The van der Waals surface area contributed by atoms with Crippen LogP contribution >= 0.6 is 24.0 Å². The van der Waals surface area contributed by atoms with Crippen LogP contribution in [0, 0.1) is 5.92 Å². The van der Waals surface area contributed by atoms with Gasteiger partial charge < -0.3 is 16.0 Å². The first-order valence-electron chi connectivity index (χ1n) is 6.04. The Bertz CT molecular complexity index is 380. The highest BCUT2D eigenvalue weighted by Crippen LogP contribution is 2.14. The summed E-state index contributed by atoms with van der Waals surface area (Å²) in [6, 6.07) is 9.88. The maximum absolute atomic E-state index is 5.84. The zero-order chi connectivity index (χ0) is 12.1. The highest BCUT2D eigenvalue weighted by atomic mass is 127. The van der Waals surface area contributed by atoms with Crippen LogP contribution in [0.5, 0.6) is 0 Å². The zero-order valence-corrected chi connectivity index (χ0v) is 13.0. The molecule has 0 aromatic heterocycles. The van der Waals surface area contributed by atoms with Crippen molar-refractivity contribution in [2.45, 2.75) is 6.42 Å². The van der Waals surface area contributed by atoms with Gasteiger partial charge in [0.1, 0.15) is 0 Å². The number of benzene rings is 1. The number of para-hydroxylation sites is 1. The Morgan fingerprint density at radius 2 is 2.17 bits per heavy atom. The first-order valence-corrected chi connectivity index (χ1v) is 6.04. The number of nitrogens with one attached hydrogen (secondary N) is 1. The van der Waals surface area contributed by atoms with Crippen LogP contribution in [-0.2, 0) is 0 Å². The van der Waals surface area contributed by atoms with Gasteiger partial charge in [-0.25, -0.2) is 0 Å². The van der Waals surface area contributed by atoms with Crippen LogP contribution in [-0.4, -0.2) is 37.5 Å². The fraction of sp³-hybridized carbons (Fsp3) is 0.462. The summed E-state index contributed by atoms with van der Waals surface area (Å²) < 4.78 is 0. The van der Waals surface area contributed by atoms with Crippen LogP contribution in [0.2, 0.25) is 0 Å². The lowest BCUT2D eigenvalue weighted by atomic mass is 10.1. The van der Waals surface area contributed by atoms with Gasteiger partial charge >= 0.3 is 0 Å². The SMILES string of the molecule is CN1CCC(CN=C(N)Nc2ccccc2)C1.I. The molecule has 1 heterocycles. The number of hydrogen-bond acceptors (Lipinski definition) is 2. The van der Waals surface area contributed by atoms with Gasteiger partial charge in [0.15, 0.2) is 5.96 Å². The Morgan fingerprint density at radius 1 is 1.44 bits per heavy atom. The molecule has 1 aliphatic heterocycles. The van der Waals surface area contributed by atoms with Gasteiger partial charge in [0.2, 0.25) is 0 Å². The van der Waals surface area contributed by atoms with Gasteiger partial charge in [-0.1, -0.05) is 18.2 Å². The standard InChI is InChI=1S/C13H20N4.HI/c1-17-8-7-11(10-17)9-15-13(14)16-12-5-3-2-4-6-12;/h2-6,11H,7-10H2,1H3,(H3,14,15,16);1H. The van der Waals surface area contributed by atoms with Crippen molar-refractivity contribution in [1.82, 2.24) is 4.90 Å². The minimum atomic E-state index is 0. The molecule has 1 aromatic rings. The highest BCUT2D eigenvalue weighted by Gasteiger charge is 2.18. The molecule has 4 nitrogen and oxygen atoms in total. The van der Waals surface area contributed by atoms with E-state index >= 15 is 0 Å². The third-order valence-corrected chi connectivity index (χ3v) is 3.05. The molecule has 1 aliphatic rings. The summed E-state index contributed by atoms with van der Waals surface area (Å²) in [4.78, 5) is 6.73. The van der Waals surface area contributed by atoms with E-state index in [1.807, 2.05) is 30.3 Å². The predicted molar refractivity (Wildman–Crippen MR) is 87.6 cm³/mol. The molecule has 100 valence electrons. The topological polar surface area (TPSA) is 53.6 Å². The summed E-state index contributed by atoms with van der Waals surface area (Å²) in [7, 11) is 2.15. The highest BCUT2D eigenvalue weighted by molar-refractivity contribution is 14.0. The van der Waals surface area contributed by atoms with E-state index in [1.165, 1.54) is 13.0 Å². The molecule has 0 amide bonds. The van der Waals surface area contributed by atoms with Gasteiger partial charge in [-0.15, -0.1) is 24.0 Å². The lowest BCUT2D eigenvalue weighted by Gasteiger charge is -2.09. The number of likely N-dealkylation sites (tertiary alicyclic amines) is 1. The molecule has 1 unspecified atom stereocenters. The maximum Gasteiger partial charge on any atom is 0.193 e. The number of nitrogens with two attached hydrogens (primary N) is 1. The van der Waals surface area contributed by atoms with Crippen molar-refractivity contribution in [3.63, 3.8) is 0 Å². The number of anilines is 1. The minimum absolute atomic E-state index is 0. The van der Waals surface area contributed by atoms with E-state index in [1.54, 1.807) is 0 Å². The largest absolute Gasteiger partial charge is 0.370 e. The van der Waals surface area contributed by atoms with Gasteiger partial charge in [-0.2, -0.15) is 0 Å². The quantitative estimate of drug-likeness (QED) is 0.493. The second-order valence-electron chi connectivity index (χ2n) is 4.63. The molecule has 1 fully saturated rings. The van der Waals surface area contributed by atoms with E-state index < -0.39 is 0 Å². The first kappa shape index (κ1) is 15.2. The van der Waals surface area contributed by atoms with Crippen molar-refractivity contribution in [3.05, 3.63) is 30.3 Å². The summed E-state index contributed by atoms with van der Waals surface area (Å²) >= 11 is 0. The van der Waals surface area contributed by atoms with Gasteiger partial charge in [-0.05, 0) is 38.1 Å². The molecule has 2 rings (SSSR count). The molecule has 1 aromatic carbocycles. The summed E-state index contributed by atoms with van der Waals surface area (Å²) in [6.07, 6.45) is 1.22. The molecule has 0 bridgehead atoms. The molecule has 0 spiro atoms. The first-order chi connectivity index (χ1) is 8.24. The Labute approximate surface area is 126 Å². The van der Waals surface area contributed by atoms with Crippen LogP contribution in [0.1, 0.15) is 6.42 Å². The number of hydrogen-bond donors (Lipinski definition) is 2. The number of aliphatic imine (C=N–C) groups is 1. The molecule has 18 heavy (non-hydrogen) atoms. The van der Waals surface area contributed by atoms with E-state index in [0.29, 0.717) is 11.9 Å². The molecule has 1 atom stereocenters. The average Bonchev–Trinajstić information content (AvgIpc) is 2.74. The molecule has 0 aliphatic carbocycles. The normalized spacial score (nSPS) is 20.5. The van der Waals surface area contributed by atoms with Crippen molar-refractivity contribution in [3.8, 4) is 0 Å². The van der Waals surface area contributed by atoms with Crippen molar-refractivity contribution < 1.29 is 0 Å². The van der Waals surface area contributed by atoms with Gasteiger partial charge in [-0.3, -0.25) is 4.99 Å². The van der Waals surface area contributed by atoms with Crippen LogP contribution in [0.25, 0.3) is 0 Å². The second kappa shape index (κ2) is 7.58. The fourth-order valence-corrected chi connectivity index (χ4v) is 2.11. The summed E-state index contributed by atoms with van der Waals surface area (Å²) in [5.41, 5.74) is 6.83. The third kappa shape index (κ3) is 4.81. The zero-order valence-electron chi connectivity index (χ0n) is 10.7. The van der Waals surface area contributed by atoms with E-state index in [-0.39, 0.29) is 24.0 Å². The number of rotatable bonds is 3. The number of guanidine groups is 1. The molecule has 0 radical (unpaired) electrons. The second-order valence-corrected chi connectivity index (χ2v) is 4.63. The van der Waals surface area contributed by atoms with Crippen LogP contribution in [0.3, 0.4) is 0 Å². The molecule has 0 saturated carbocycles. The molecule has 1 saturated heterocycles. The van der Waals surface area contributed by atoms with Crippen LogP contribution in [0.15, 0.2) is 35.3 Å². The molecular weight excluding hydrogens is 339 g/mol. The van der Waals surface area contributed by atoms with Gasteiger partial charge in [0.25, 0.3) is 0 Å². The van der Waals surface area contributed by atoms with Gasteiger partial charge in [0.05, 0.1) is 0 Å². The summed E-state index contributed by atoms with van der Waals surface area (Å²) in [5.74, 6) is 1.15. The predicted octanol–water partition coefficient (Wildman–Crippen LogP) is 1.98. The summed E-state index contributed by atoms with van der Waals surface area (Å²) in [5, 5.41) is 3.09. The fourth-order valence-electron chi connectivity index (χ4n) is 2.11. The lowest BCUT2D eigenvalue weighted by molar-refractivity contribution is 0.397. The summed E-state index contributed by atoms with van der Waals surface area (Å²) in [6.45, 7) is 3.12. The Morgan fingerprint density at radius 3 is 2.78 bits per heavy atom. The minimum Gasteiger partial charge on any atom is -0.370 e. The van der Waals surface area contributed by atoms with Crippen molar-refractivity contribution >= 4 is 35.6 Å². The van der Waals surface area contributed by atoms with E-state index in [9.17, 15) is 0 Å². The van der Waals surface area contributed by atoms with Crippen LogP contribution < -0.4 is 11.1 Å². The Hall–Kier alpha value is -0.820. The smallest absolute Gasteiger partial charge is 0.193 e. The third-order valence-electron chi connectivity index (χ3n) is 3.05. The number of halogens is 1. The molecule has 3 N–H and O–H groups in total. The Balaban J connectivity index is 0.00000162. The van der Waals surface area contributed by atoms with Crippen molar-refractivity contribution in [1.29, 1.82) is 0 Å². The molecule has 5 heteroatoms. The van der Waals surface area contributed by atoms with Crippen molar-refractivity contribution in [2.75, 3.05) is 32.0 Å². The monoisotopic (exact) mass is 360 g/mol. The maximum atomic E-state index is 5.84. The van der Waals surface area contributed by atoms with Crippen LogP contribution in [0.4, 0.5) is 5.69 Å². The van der Waals surface area contributed by atoms with E-state index in [4.69, 9.17) is 5.73 Å². The number of nitrogens with zero attached hydrogens (tertiary/aromatic N) is 2. The van der Waals surface area contributed by atoms with E-state index in [0.717, 1.165) is 18.8 Å². The van der Waals surface area contributed by atoms with Crippen molar-refractivity contribution in [2.24, 2.45) is 16.6 Å². The lowest BCUT2D eigenvalue weighted by Crippen LogP contribution is -2.24. The Kier molecular flexibility index (Phi) is 6.42. The van der Waals surface area contributed by atoms with Gasteiger partial charge in [0, 0.05) is 18.8 Å². The molecular formula is C13H21IN4. The average molecular weight is 360 g/mol.